The van der Waals surface area contributed by atoms with E-state index in [0.717, 1.165) is 11.3 Å². The summed E-state index contributed by atoms with van der Waals surface area (Å²) in [4.78, 5) is 20.1. The Hall–Kier alpha value is -2.64. The second-order valence-corrected chi connectivity index (χ2v) is 6.02. The van der Waals surface area contributed by atoms with Gasteiger partial charge in [0.2, 0.25) is 5.95 Å². The minimum atomic E-state index is -0.501. The van der Waals surface area contributed by atoms with E-state index in [9.17, 15) is 4.79 Å². The second-order valence-electron chi connectivity index (χ2n) is 6.02. The van der Waals surface area contributed by atoms with Crippen molar-refractivity contribution in [2.75, 3.05) is 18.4 Å². The van der Waals surface area contributed by atoms with Gasteiger partial charge in [-0.25, -0.2) is 14.8 Å². The Kier molecular flexibility index (Phi) is 5.15. The molecule has 0 unspecified atom stereocenters. The molecule has 2 rings (SSSR count). The fourth-order valence-electron chi connectivity index (χ4n) is 1.81. The fraction of sp³-hybridized carbons (Fsp3) is 0.467. The van der Waals surface area contributed by atoms with E-state index in [1.54, 1.807) is 17.1 Å². The van der Waals surface area contributed by atoms with Crippen LogP contribution in [0, 0.1) is 0 Å². The highest BCUT2D eigenvalue weighted by Gasteiger charge is 2.15. The Balaban J connectivity index is 1.81. The average Bonchev–Trinajstić information content (AvgIpc) is 2.89. The lowest BCUT2D eigenvalue weighted by Gasteiger charge is -2.19. The SMILES string of the molecule is Cn1cc(-c2ccnc(NCCNC(=O)OC(C)(C)C)n2)cn1. The summed E-state index contributed by atoms with van der Waals surface area (Å²) in [6, 6.07) is 1.82. The van der Waals surface area contributed by atoms with Crippen molar-refractivity contribution in [3.8, 4) is 11.3 Å². The first-order chi connectivity index (χ1) is 10.8. The van der Waals surface area contributed by atoms with Gasteiger partial charge in [-0.15, -0.1) is 0 Å². The van der Waals surface area contributed by atoms with E-state index in [4.69, 9.17) is 4.74 Å². The van der Waals surface area contributed by atoms with Crippen LogP contribution < -0.4 is 10.6 Å². The molecular formula is C15H22N6O2. The normalized spacial score (nSPS) is 11.1. The summed E-state index contributed by atoms with van der Waals surface area (Å²) >= 11 is 0. The van der Waals surface area contributed by atoms with Gasteiger partial charge in [0.05, 0.1) is 11.9 Å². The van der Waals surface area contributed by atoms with E-state index in [1.165, 1.54) is 0 Å². The molecule has 0 aliphatic rings. The van der Waals surface area contributed by atoms with E-state index in [2.05, 4.69) is 25.7 Å². The van der Waals surface area contributed by atoms with Gasteiger partial charge in [-0.05, 0) is 26.8 Å². The van der Waals surface area contributed by atoms with Crippen LogP contribution in [-0.2, 0) is 11.8 Å². The Labute approximate surface area is 135 Å². The molecule has 0 radical (unpaired) electrons. The number of anilines is 1. The molecule has 23 heavy (non-hydrogen) atoms. The number of rotatable bonds is 5. The number of aryl methyl sites for hydroxylation is 1. The fourth-order valence-corrected chi connectivity index (χ4v) is 1.81. The predicted octanol–water partition coefficient (Wildman–Crippen LogP) is 1.81. The monoisotopic (exact) mass is 318 g/mol. The molecule has 2 aromatic heterocycles. The van der Waals surface area contributed by atoms with Gasteiger partial charge in [0, 0.05) is 38.1 Å². The molecule has 0 aliphatic carbocycles. The van der Waals surface area contributed by atoms with Gasteiger partial charge in [-0.1, -0.05) is 0 Å². The van der Waals surface area contributed by atoms with E-state index in [1.807, 2.05) is 40.1 Å². The highest BCUT2D eigenvalue weighted by Crippen LogP contribution is 2.15. The quantitative estimate of drug-likeness (QED) is 0.817. The molecule has 124 valence electrons. The lowest BCUT2D eigenvalue weighted by atomic mass is 10.2. The minimum absolute atomic E-state index is 0.412. The Morgan fingerprint density at radius 2 is 2.13 bits per heavy atom. The molecule has 8 heteroatoms. The summed E-state index contributed by atoms with van der Waals surface area (Å²) in [6.07, 6.45) is 4.87. The van der Waals surface area contributed by atoms with Gasteiger partial charge >= 0.3 is 6.09 Å². The van der Waals surface area contributed by atoms with Crippen molar-refractivity contribution in [2.45, 2.75) is 26.4 Å². The number of nitrogens with one attached hydrogen (secondary N) is 2. The molecule has 0 spiro atoms. The maximum atomic E-state index is 11.5. The van der Waals surface area contributed by atoms with Crippen molar-refractivity contribution in [3.63, 3.8) is 0 Å². The summed E-state index contributed by atoms with van der Waals surface area (Å²) in [7, 11) is 1.85. The van der Waals surface area contributed by atoms with Crippen LogP contribution in [0.4, 0.5) is 10.7 Å². The number of nitrogens with zero attached hydrogens (tertiary/aromatic N) is 4. The number of hydrogen-bond acceptors (Lipinski definition) is 6. The van der Waals surface area contributed by atoms with Crippen LogP contribution in [0.15, 0.2) is 24.7 Å². The molecular weight excluding hydrogens is 296 g/mol. The van der Waals surface area contributed by atoms with Gasteiger partial charge in [0.15, 0.2) is 0 Å². The average molecular weight is 318 g/mol. The summed E-state index contributed by atoms with van der Waals surface area (Å²) in [5.74, 6) is 0.498. The summed E-state index contributed by atoms with van der Waals surface area (Å²) in [5.41, 5.74) is 1.21. The van der Waals surface area contributed by atoms with E-state index >= 15 is 0 Å². The number of carbonyl (C=O) groups excluding carboxylic acids is 1. The number of carbonyl (C=O) groups is 1. The van der Waals surface area contributed by atoms with E-state index in [0.29, 0.717) is 19.0 Å². The van der Waals surface area contributed by atoms with Gasteiger partial charge in [-0.2, -0.15) is 5.10 Å². The predicted molar refractivity (Wildman–Crippen MR) is 87.0 cm³/mol. The minimum Gasteiger partial charge on any atom is -0.444 e. The maximum absolute atomic E-state index is 11.5. The van der Waals surface area contributed by atoms with Crippen molar-refractivity contribution in [1.82, 2.24) is 25.1 Å². The standard InChI is InChI=1S/C15H22N6O2/c1-15(2,3)23-14(22)18-8-7-17-13-16-6-5-12(20-13)11-9-19-21(4)10-11/h5-6,9-10H,7-8H2,1-4H3,(H,18,22)(H,16,17,20). The molecule has 0 saturated carbocycles. The number of hydrogen-bond donors (Lipinski definition) is 2. The molecule has 1 amide bonds. The Bertz CT molecular complexity index is 662. The first-order valence-electron chi connectivity index (χ1n) is 7.36. The smallest absolute Gasteiger partial charge is 0.407 e. The maximum Gasteiger partial charge on any atom is 0.407 e. The molecule has 0 saturated heterocycles. The molecule has 0 aromatic carbocycles. The molecule has 2 aromatic rings. The van der Waals surface area contributed by atoms with Crippen LogP contribution in [-0.4, -0.2) is 44.5 Å². The molecule has 2 N–H and O–H groups in total. The number of aromatic nitrogens is 4. The van der Waals surface area contributed by atoms with E-state index < -0.39 is 11.7 Å². The van der Waals surface area contributed by atoms with Crippen molar-refractivity contribution in [3.05, 3.63) is 24.7 Å². The molecule has 0 fully saturated rings. The third-order valence-electron chi connectivity index (χ3n) is 2.73. The van der Waals surface area contributed by atoms with Gasteiger partial charge in [0.25, 0.3) is 0 Å². The second kappa shape index (κ2) is 7.08. The molecule has 0 atom stereocenters. The van der Waals surface area contributed by atoms with Crippen LogP contribution in [0.25, 0.3) is 11.3 Å². The zero-order valence-corrected chi connectivity index (χ0v) is 13.8. The van der Waals surface area contributed by atoms with Gasteiger partial charge in [-0.3, -0.25) is 4.68 Å². The number of amides is 1. The van der Waals surface area contributed by atoms with Crippen molar-refractivity contribution >= 4 is 12.0 Å². The molecule has 0 bridgehead atoms. The largest absolute Gasteiger partial charge is 0.444 e. The first-order valence-corrected chi connectivity index (χ1v) is 7.36. The topological polar surface area (TPSA) is 94.0 Å². The van der Waals surface area contributed by atoms with Crippen molar-refractivity contribution < 1.29 is 9.53 Å². The third kappa shape index (κ3) is 5.57. The summed E-state index contributed by atoms with van der Waals surface area (Å²) in [6.45, 7) is 6.37. The van der Waals surface area contributed by atoms with Crippen LogP contribution in [0.2, 0.25) is 0 Å². The zero-order valence-electron chi connectivity index (χ0n) is 13.8. The highest BCUT2D eigenvalue weighted by atomic mass is 16.6. The highest BCUT2D eigenvalue weighted by molar-refractivity contribution is 5.67. The van der Waals surface area contributed by atoms with Crippen LogP contribution in [0.5, 0.6) is 0 Å². The third-order valence-corrected chi connectivity index (χ3v) is 2.73. The number of ether oxygens (including phenoxy) is 1. The Morgan fingerprint density at radius 1 is 1.35 bits per heavy atom. The van der Waals surface area contributed by atoms with E-state index in [-0.39, 0.29) is 0 Å². The molecule has 0 aliphatic heterocycles. The van der Waals surface area contributed by atoms with Crippen LogP contribution >= 0.6 is 0 Å². The van der Waals surface area contributed by atoms with Crippen LogP contribution in [0.3, 0.4) is 0 Å². The number of alkyl carbamates (subject to hydrolysis) is 1. The summed E-state index contributed by atoms with van der Waals surface area (Å²) < 4.78 is 6.87. The lowest BCUT2D eigenvalue weighted by Crippen LogP contribution is -2.35. The molecule has 8 nitrogen and oxygen atoms in total. The lowest BCUT2D eigenvalue weighted by molar-refractivity contribution is 0.0530. The van der Waals surface area contributed by atoms with Gasteiger partial charge in [0.1, 0.15) is 5.60 Å². The zero-order chi connectivity index (χ0) is 16.9. The Morgan fingerprint density at radius 3 is 2.78 bits per heavy atom. The summed E-state index contributed by atoms with van der Waals surface area (Å²) in [5, 5.41) is 9.85. The van der Waals surface area contributed by atoms with Gasteiger partial charge < -0.3 is 15.4 Å². The van der Waals surface area contributed by atoms with Crippen molar-refractivity contribution in [2.24, 2.45) is 7.05 Å². The molecule has 2 heterocycles. The van der Waals surface area contributed by atoms with Crippen molar-refractivity contribution in [1.29, 1.82) is 0 Å². The first kappa shape index (κ1) is 16.7. The van der Waals surface area contributed by atoms with Crippen LogP contribution in [0.1, 0.15) is 20.8 Å².